The molecule has 0 spiro atoms. The topological polar surface area (TPSA) is 90.7 Å². The number of benzene rings is 1. The third-order valence-corrected chi connectivity index (χ3v) is 4.28. The Balaban J connectivity index is 1.35. The van der Waals surface area contributed by atoms with E-state index in [9.17, 15) is 9.59 Å². The summed E-state index contributed by atoms with van der Waals surface area (Å²) in [5.41, 5.74) is 1.24. The van der Waals surface area contributed by atoms with Gasteiger partial charge in [-0.25, -0.2) is 0 Å². The summed E-state index contributed by atoms with van der Waals surface area (Å²) in [6, 6.07) is 11.9. The number of aryl methyl sites for hydroxylation is 1. The monoisotopic (exact) mass is 357 g/mol. The highest BCUT2D eigenvalue weighted by Gasteiger charge is 2.18. The van der Waals surface area contributed by atoms with Crippen LogP contribution >= 0.6 is 0 Å². The Labute approximate surface area is 152 Å². The van der Waals surface area contributed by atoms with E-state index in [-0.39, 0.29) is 5.82 Å². The van der Waals surface area contributed by atoms with E-state index in [0.717, 1.165) is 26.2 Å². The van der Waals surface area contributed by atoms with Crippen molar-refractivity contribution in [1.29, 1.82) is 0 Å². The molecule has 1 aromatic heterocycles. The van der Waals surface area contributed by atoms with Gasteiger partial charge in [-0.3, -0.25) is 19.8 Å². The summed E-state index contributed by atoms with van der Waals surface area (Å²) in [6.07, 6.45) is 0. The van der Waals surface area contributed by atoms with Crippen LogP contribution in [0, 0.1) is 6.92 Å². The number of nitrogens with zero attached hydrogens (tertiary/aromatic N) is 3. The van der Waals surface area contributed by atoms with Crippen LogP contribution in [0.2, 0.25) is 0 Å². The molecule has 8 heteroatoms. The van der Waals surface area contributed by atoms with Crippen LogP contribution in [0.15, 0.2) is 40.9 Å². The third-order valence-electron chi connectivity index (χ3n) is 4.28. The number of anilines is 2. The molecule has 0 atom stereocenters. The number of piperazine rings is 1. The molecule has 0 bridgehead atoms. The van der Waals surface area contributed by atoms with Crippen molar-refractivity contribution in [3.63, 3.8) is 0 Å². The highest BCUT2D eigenvalue weighted by atomic mass is 16.5. The van der Waals surface area contributed by atoms with E-state index >= 15 is 0 Å². The zero-order chi connectivity index (χ0) is 18.4. The maximum absolute atomic E-state index is 11.8. The fourth-order valence-corrected chi connectivity index (χ4v) is 2.87. The standard InChI is InChI=1S/C18H23N5O3/c1-14-13-16(21-26-14)20-18(25)17(24)19-7-8-22-9-11-23(12-10-22)15-5-3-2-4-6-15/h2-6,13H,7-12H2,1H3,(H,19,24)(H,20,21,25). The van der Waals surface area contributed by atoms with E-state index in [4.69, 9.17) is 4.52 Å². The molecular weight excluding hydrogens is 334 g/mol. The molecule has 26 heavy (non-hydrogen) atoms. The van der Waals surface area contributed by atoms with Crippen molar-refractivity contribution in [2.45, 2.75) is 6.92 Å². The molecule has 0 unspecified atom stereocenters. The van der Waals surface area contributed by atoms with Crippen LogP contribution in [0.1, 0.15) is 5.76 Å². The number of carbonyl (C=O) groups excluding carboxylic acids is 2. The SMILES string of the molecule is Cc1cc(NC(=O)C(=O)NCCN2CCN(c3ccccc3)CC2)no1. The lowest BCUT2D eigenvalue weighted by Crippen LogP contribution is -2.49. The molecule has 1 aliphatic rings. The van der Waals surface area contributed by atoms with E-state index in [0.29, 0.717) is 18.8 Å². The molecule has 0 radical (unpaired) electrons. The van der Waals surface area contributed by atoms with Gasteiger partial charge in [0.25, 0.3) is 0 Å². The molecule has 3 rings (SSSR count). The van der Waals surface area contributed by atoms with Gasteiger partial charge in [-0.1, -0.05) is 23.4 Å². The summed E-state index contributed by atoms with van der Waals surface area (Å²) < 4.78 is 4.84. The minimum absolute atomic E-state index is 0.236. The summed E-state index contributed by atoms with van der Waals surface area (Å²) >= 11 is 0. The summed E-state index contributed by atoms with van der Waals surface area (Å²) in [6.45, 7) is 6.60. The molecule has 2 N–H and O–H groups in total. The zero-order valence-corrected chi connectivity index (χ0v) is 14.8. The lowest BCUT2D eigenvalue weighted by Gasteiger charge is -2.36. The van der Waals surface area contributed by atoms with Crippen LogP contribution < -0.4 is 15.5 Å². The second kappa shape index (κ2) is 8.48. The van der Waals surface area contributed by atoms with Gasteiger partial charge < -0.3 is 14.7 Å². The van der Waals surface area contributed by atoms with Crippen LogP contribution in [0.4, 0.5) is 11.5 Å². The second-order valence-corrected chi connectivity index (χ2v) is 6.20. The number of hydrogen-bond acceptors (Lipinski definition) is 6. The largest absolute Gasteiger partial charge is 0.369 e. The molecule has 1 saturated heterocycles. The van der Waals surface area contributed by atoms with Crippen molar-refractivity contribution in [3.8, 4) is 0 Å². The molecule has 0 aliphatic carbocycles. The minimum Gasteiger partial charge on any atom is -0.369 e. The van der Waals surface area contributed by atoms with Gasteiger partial charge in [-0.15, -0.1) is 0 Å². The van der Waals surface area contributed by atoms with Crippen LogP contribution in [0.25, 0.3) is 0 Å². The fraction of sp³-hybridized carbons (Fsp3) is 0.389. The van der Waals surface area contributed by atoms with Crippen molar-refractivity contribution in [2.24, 2.45) is 0 Å². The van der Waals surface area contributed by atoms with Gasteiger partial charge in [-0.05, 0) is 19.1 Å². The normalized spacial score (nSPS) is 14.9. The molecule has 8 nitrogen and oxygen atoms in total. The minimum atomic E-state index is -0.743. The quantitative estimate of drug-likeness (QED) is 0.772. The molecule has 1 aromatic carbocycles. The first-order valence-corrected chi connectivity index (χ1v) is 8.66. The predicted octanol–water partition coefficient (Wildman–Crippen LogP) is 0.860. The Hall–Kier alpha value is -2.87. The molecule has 2 amide bonds. The van der Waals surface area contributed by atoms with Crippen LogP contribution in [-0.4, -0.2) is 61.1 Å². The van der Waals surface area contributed by atoms with Crippen molar-refractivity contribution < 1.29 is 14.1 Å². The number of nitrogens with one attached hydrogen (secondary N) is 2. The van der Waals surface area contributed by atoms with Gasteiger partial charge in [0.2, 0.25) is 0 Å². The maximum atomic E-state index is 11.8. The third kappa shape index (κ3) is 4.82. The fourth-order valence-electron chi connectivity index (χ4n) is 2.87. The number of amides is 2. The molecular formula is C18H23N5O3. The maximum Gasteiger partial charge on any atom is 0.314 e. The number of hydrogen-bond donors (Lipinski definition) is 2. The van der Waals surface area contributed by atoms with Crippen LogP contribution in [0.5, 0.6) is 0 Å². The van der Waals surface area contributed by atoms with Gasteiger partial charge in [0.15, 0.2) is 5.82 Å². The van der Waals surface area contributed by atoms with Crippen molar-refractivity contribution >= 4 is 23.3 Å². The highest BCUT2D eigenvalue weighted by molar-refractivity contribution is 6.39. The van der Waals surface area contributed by atoms with Gasteiger partial charge in [-0.2, -0.15) is 0 Å². The summed E-state index contributed by atoms with van der Waals surface area (Å²) in [7, 11) is 0. The Morgan fingerprint density at radius 2 is 1.85 bits per heavy atom. The number of carbonyl (C=O) groups is 2. The van der Waals surface area contributed by atoms with Gasteiger partial charge in [0.1, 0.15) is 5.76 Å². The van der Waals surface area contributed by atoms with Crippen LogP contribution in [0.3, 0.4) is 0 Å². The first-order valence-electron chi connectivity index (χ1n) is 8.66. The average Bonchev–Trinajstić information content (AvgIpc) is 3.07. The molecule has 0 saturated carbocycles. The Morgan fingerprint density at radius 3 is 2.50 bits per heavy atom. The smallest absolute Gasteiger partial charge is 0.314 e. The molecule has 138 valence electrons. The van der Waals surface area contributed by atoms with Gasteiger partial charge in [0, 0.05) is 51.0 Å². The Morgan fingerprint density at radius 1 is 1.12 bits per heavy atom. The predicted molar refractivity (Wildman–Crippen MR) is 98.0 cm³/mol. The number of para-hydroxylation sites is 1. The lowest BCUT2D eigenvalue weighted by molar-refractivity contribution is -0.136. The van der Waals surface area contributed by atoms with E-state index in [1.807, 2.05) is 18.2 Å². The van der Waals surface area contributed by atoms with E-state index in [2.05, 4.69) is 37.7 Å². The molecule has 2 aromatic rings. The van der Waals surface area contributed by atoms with E-state index in [1.165, 1.54) is 5.69 Å². The highest BCUT2D eigenvalue weighted by Crippen LogP contribution is 2.15. The zero-order valence-electron chi connectivity index (χ0n) is 14.8. The van der Waals surface area contributed by atoms with Gasteiger partial charge >= 0.3 is 11.8 Å². The Bertz CT molecular complexity index is 738. The summed E-state index contributed by atoms with van der Waals surface area (Å²) in [4.78, 5) is 28.2. The number of rotatable bonds is 5. The second-order valence-electron chi connectivity index (χ2n) is 6.20. The first-order chi connectivity index (χ1) is 12.6. The van der Waals surface area contributed by atoms with E-state index < -0.39 is 11.8 Å². The van der Waals surface area contributed by atoms with Crippen molar-refractivity contribution in [1.82, 2.24) is 15.4 Å². The number of aromatic nitrogens is 1. The summed E-state index contributed by atoms with van der Waals surface area (Å²) in [5.74, 6) is -0.615. The van der Waals surface area contributed by atoms with Crippen molar-refractivity contribution in [3.05, 3.63) is 42.2 Å². The molecule has 2 heterocycles. The average molecular weight is 357 g/mol. The van der Waals surface area contributed by atoms with Crippen LogP contribution in [-0.2, 0) is 9.59 Å². The Kier molecular flexibility index (Phi) is 5.85. The molecule has 1 fully saturated rings. The van der Waals surface area contributed by atoms with Gasteiger partial charge in [0.05, 0.1) is 0 Å². The summed E-state index contributed by atoms with van der Waals surface area (Å²) in [5, 5.41) is 8.66. The lowest BCUT2D eigenvalue weighted by atomic mass is 10.2. The first kappa shape index (κ1) is 17.9. The van der Waals surface area contributed by atoms with E-state index in [1.54, 1.807) is 13.0 Å². The molecule has 1 aliphatic heterocycles. The van der Waals surface area contributed by atoms with Crippen molar-refractivity contribution in [2.75, 3.05) is 49.5 Å².